The van der Waals surface area contributed by atoms with Crippen LogP contribution < -0.4 is 0 Å². The Bertz CT molecular complexity index is 477. The van der Waals surface area contributed by atoms with Gasteiger partial charge in [-0.25, -0.2) is 8.42 Å². The summed E-state index contributed by atoms with van der Waals surface area (Å²) in [5, 5.41) is 0. The Hall–Kier alpha value is -1.36. The van der Waals surface area contributed by atoms with E-state index in [1.54, 1.807) is 26.2 Å². The molecule has 82 valence electrons. The minimum atomic E-state index is -3.36. The molecule has 15 heavy (non-hydrogen) atoms. The fourth-order valence-corrected chi connectivity index (χ4v) is 2.09. The largest absolute Gasteiger partial charge is 0.345 e. The molecule has 0 saturated heterocycles. The second-order valence-electron chi connectivity index (χ2n) is 3.47. The lowest BCUT2D eigenvalue weighted by Gasteiger charge is -2.12. The number of carbonyl (C=O) groups is 1. The van der Waals surface area contributed by atoms with E-state index in [0.717, 1.165) is 6.26 Å². The molecule has 0 heterocycles. The predicted octanol–water partition coefficient (Wildman–Crippen LogP) is 0.792. The van der Waals surface area contributed by atoms with Crippen LogP contribution in [-0.2, 0) is 9.84 Å². The molecule has 0 fully saturated rings. The standard InChI is InChI=1S/C10H13NO3S/c1-11(2)10(12)8-6-4-5-7-9(8)15(3,13)14/h4-7H,1-3H3. The highest BCUT2D eigenvalue weighted by Crippen LogP contribution is 2.16. The lowest BCUT2D eigenvalue weighted by atomic mass is 10.2. The lowest BCUT2D eigenvalue weighted by Crippen LogP contribution is -2.23. The summed E-state index contributed by atoms with van der Waals surface area (Å²) in [5.41, 5.74) is 0.213. The van der Waals surface area contributed by atoms with Crippen LogP contribution in [0.2, 0.25) is 0 Å². The summed E-state index contributed by atoms with van der Waals surface area (Å²) in [7, 11) is -0.190. The third-order valence-electron chi connectivity index (χ3n) is 1.92. The van der Waals surface area contributed by atoms with E-state index in [1.807, 2.05) is 0 Å². The van der Waals surface area contributed by atoms with Crippen LogP contribution in [0.1, 0.15) is 10.4 Å². The molecule has 5 heteroatoms. The number of benzene rings is 1. The molecule has 0 aliphatic carbocycles. The Morgan fingerprint density at radius 2 is 1.73 bits per heavy atom. The van der Waals surface area contributed by atoms with E-state index < -0.39 is 9.84 Å². The zero-order valence-corrected chi connectivity index (χ0v) is 9.71. The highest BCUT2D eigenvalue weighted by molar-refractivity contribution is 7.90. The van der Waals surface area contributed by atoms with Crippen LogP contribution in [0.5, 0.6) is 0 Å². The van der Waals surface area contributed by atoms with Crippen molar-refractivity contribution >= 4 is 15.7 Å². The third-order valence-corrected chi connectivity index (χ3v) is 3.08. The van der Waals surface area contributed by atoms with Crippen molar-refractivity contribution < 1.29 is 13.2 Å². The number of sulfone groups is 1. The molecule has 0 N–H and O–H groups in total. The average molecular weight is 227 g/mol. The topological polar surface area (TPSA) is 54.5 Å². The van der Waals surface area contributed by atoms with E-state index in [4.69, 9.17) is 0 Å². The van der Waals surface area contributed by atoms with Crippen LogP contribution in [0.15, 0.2) is 29.2 Å². The van der Waals surface area contributed by atoms with Crippen molar-refractivity contribution in [3.8, 4) is 0 Å². The SMILES string of the molecule is CN(C)C(=O)c1ccccc1S(C)(=O)=O. The maximum atomic E-state index is 11.7. The van der Waals surface area contributed by atoms with Gasteiger partial charge in [-0.15, -0.1) is 0 Å². The van der Waals surface area contributed by atoms with Gasteiger partial charge in [-0.05, 0) is 12.1 Å². The molecular weight excluding hydrogens is 214 g/mol. The monoisotopic (exact) mass is 227 g/mol. The highest BCUT2D eigenvalue weighted by Gasteiger charge is 2.18. The highest BCUT2D eigenvalue weighted by atomic mass is 32.2. The zero-order chi connectivity index (χ0) is 11.6. The molecule has 0 aliphatic rings. The Balaban J connectivity index is 3.38. The van der Waals surface area contributed by atoms with Crippen LogP contribution in [-0.4, -0.2) is 39.6 Å². The first-order chi connectivity index (χ1) is 6.84. The van der Waals surface area contributed by atoms with E-state index in [9.17, 15) is 13.2 Å². The van der Waals surface area contributed by atoms with Crippen LogP contribution in [0, 0.1) is 0 Å². The molecule has 0 unspecified atom stereocenters. The number of nitrogens with zero attached hydrogens (tertiary/aromatic N) is 1. The van der Waals surface area contributed by atoms with Gasteiger partial charge < -0.3 is 4.90 Å². The Labute approximate surface area is 89.4 Å². The van der Waals surface area contributed by atoms with Gasteiger partial charge in [0, 0.05) is 20.4 Å². The summed E-state index contributed by atoms with van der Waals surface area (Å²) in [6.07, 6.45) is 1.09. The van der Waals surface area contributed by atoms with E-state index in [-0.39, 0.29) is 16.4 Å². The minimum absolute atomic E-state index is 0.0729. The van der Waals surface area contributed by atoms with Crippen molar-refractivity contribution in [2.24, 2.45) is 0 Å². The molecule has 0 bridgehead atoms. The lowest BCUT2D eigenvalue weighted by molar-refractivity contribution is 0.0824. The Morgan fingerprint density at radius 3 is 2.20 bits per heavy atom. The summed E-state index contributed by atoms with van der Waals surface area (Å²) in [4.78, 5) is 13.1. The molecule has 1 aromatic carbocycles. The predicted molar refractivity (Wildman–Crippen MR) is 57.6 cm³/mol. The maximum absolute atomic E-state index is 11.7. The molecule has 0 atom stereocenters. The maximum Gasteiger partial charge on any atom is 0.254 e. The van der Waals surface area contributed by atoms with Gasteiger partial charge in [-0.1, -0.05) is 12.1 Å². The normalized spacial score (nSPS) is 11.1. The van der Waals surface area contributed by atoms with Crippen molar-refractivity contribution in [3.05, 3.63) is 29.8 Å². The second-order valence-corrected chi connectivity index (χ2v) is 5.45. The van der Waals surface area contributed by atoms with Gasteiger partial charge in [0.05, 0.1) is 10.5 Å². The number of hydrogen-bond donors (Lipinski definition) is 0. The van der Waals surface area contributed by atoms with E-state index >= 15 is 0 Å². The van der Waals surface area contributed by atoms with Gasteiger partial charge in [0.1, 0.15) is 0 Å². The zero-order valence-electron chi connectivity index (χ0n) is 8.89. The molecule has 0 spiro atoms. The molecular formula is C10H13NO3S. The first-order valence-corrected chi connectivity index (χ1v) is 6.24. The van der Waals surface area contributed by atoms with Gasteiger partial charge >= 0.3 is 0 Å². The molecule has 1 rings (SSSR count). The van der Waals surface area contributed by atoms with Gasteiger partial charge in [-0.3, -0.25) is 4.79 Å². The fraction of sp³-hybridized carbons (Fsp3) is 0.300. The molecule has 0 aliphatic heterocycles. The van der Waals surface area contributed by atoms with Crippen molar-refractivity contribution in [1.29, 1.82) is 0 Å². The molecule has 0 aromatic heterocycles. The van der Waals surface area contributed by atoms with Gasteiger partial charge in [0.2, 0.25) is 0 Å². The smallest absolute Gasteiger partial charge is 0.254 e. The number of rotatable bonds is 2. The summed E-state index contributed by atoms with van der Waals surface area (Å²) in [6, 6.07) is 6.19. The van der Waals surface area contributed by atoms with E-state index in [0.29, 0.717) is 0 Å². The van der Waals surface area contributed by atoms with Crippen LogP contribution in [0.25, 0.3) is 0 Å². The van der Waals surface area contributed by atoms with Crippen molar-refractivity contribution in [1.82, 2.24) is 4.90 Å². The summed E-state index contributed by atoms with van der Waals surface area (Å²) < 4.78 is 22.8. The van der Waals surface area contributed by atoms with E-state index in [1.165, 1.54) is 17.0 Å². The number of hydrogen-bond acceptors (Lipinski definition) is 3. The Morgan fingerprint density at radius 1 is 1.20 bits per heavy atom. The van der Waals surface area contributed by atoms with Gasteiger partial charge in [-0.2, -0.15) is 0 Å². The van der Waals surface area contributed by atoms with Crippen LogP contribution >= 0.6 is 0 Å². The van der Waals surface area contributed by atoms with Crippen molar-refractivity contribution in [3.63, 3.8) is 0 Å². The first kappa shape index (κ1) is 11.7. The number of carbonyl (C=O) groups excluding carboxylic acids is 1. The average Bonchev–Trinajstić information content (AvgIpc) is 2.15. The molecule has 1 amide bonds. The van der Waals surface area contributed by atoms with Gasteiger partial charge in [0.25, 0.3) is 5.91 Å². The molecule has 0 saturated carbocycles. The summed E-state index contributed by atoms with van der Waals surface area (Å²) in [6.45, 7) is 0. The number of amides is 1. The van der Waals surface area contributed by atoms with Crippen molar-refractivity contribution in [2.75, 3.05) is 20.4 Å². The minimum Gasteiger partial charge on any atom is -0.345 e. The van der Waals surface area contributed by atoms with Crippen LogP contribution in [0.4, 0.5) is 0 Å². The fourth-order valence-electron chi connectivity index (χ4n) is 1.21. The molecule has 0 radical (unpaired) electrons. The van der Waals surface area contributed by atoms with E-state index in [2.05, 4.69) is 0 Å². The second kappa shape index (κ2) is 4.02. The molecule has 4 nitrogen and oxygen atoms in total. The quantitative estimate of drug-likeness (QED) is 0.750. The summed E-state index contributed by atoms with van der Waals surface area (Å²) >= 11 is 0. The Kier molecular flexibility index (Phi) is 3.14. The summed E-state index contributed by atoms with van der Waals surface area (Å²) in [5.74, 6) is -0.309. The third kappa shape index (κ3) is 2.56. The molecule has 1 aromatic rings. The van der Waals surface area contributed by atoms with Crippen molar-refractivity contribution in [2.45, 2.75) is 4.90 Å². The van der Waals surface area contributed by atoms with Crippen LogP contribution in [0.3, 0.4) is 0 Å². The first-order valence-electron chi connectivity index (χ1n) is 4.35. The van der Waals surface area contributed by atoms with Gasteiger partial charge in [0.15, 0.2) is 9.84 Å².